The first-order chi connectivity index (χ1) is 16.0. The fourth-order valence-corrected chi connectivity index (χ4v) is 6.50. The molecule has 2 heterocycles. The molecule has 6 nitrogen and oxygen atoms in total. The average Bonchev–Trinajstić information content (AvgIpc) is 2.85. The van der Waals surface area contributed by atoms with Crippen molar-refractivity contribution in [3.63, 3.8) is 0 Å². The number of benzene rings is 3. The molecule has 33 heavy (non-hydrogen) atoms. The van der Waals surface area contributed by atoms with Crippen LogP contribution in [0.2, 0.25) is 5.02 Å². The first-order valence-corrected chi connectivity index (χ1v) is 12.7. The van der Waals surface area contributed by atoms with Crippen molar-refractivity contribution in [1.29, 1.82) is 0 Å². The summed E-state index contributed by atoms with van der Waals surface area (Å²) in [5.41, 5.74) is 3.07. The Balaban J connectivity index is 1.39. The summed E-state index contributed by atoms with van der Waals surface area (Å²) in [5, 5.41) is 0.558. The van der Waals surface area contributed by atoms with Crippen LogP contribution in [0.4, 0.5) is 10.5 Å². The van der Waals surface area contributed by atoms with Gasteiger partial charge in [0.05, 0.1) is 10.6 Å². The van der Waals surface area contributed by atoms with Gasteiger partial charge in [-0.2, -0.15) is 4.31 Å². The number of sulfonamides is 1. The fourth-order valence-electron chi connectivity index (χ4n) is 4.59. The van der Waals surface area contributed by atoms with Gasteiger partial charge in [-0.25, -0.2) is 13.2 Å². The topological polar surface area (TPSA) is 66.9 Å². The number of carbonyl (C=O) groups is 1. The zero-order chi connectivity index (χ0) is 23.0. The Kier molecular flexibility index (Phi) is 5.86. The van der Waals surface area contributed by atoms with Gasteiger partial charge in [0.1, 0.15) is 6.61 Å². The molecule has 0 unspecified atom stereocenters. The summed E-state index contributed by atoms with van der Waals surface area (Å²) >= 11 is 6.30. The lowest BCUT2D eigenvalue weighted by atomic mass is 10.0. The number of rotatable bonds is 4. The first-order valence-electron chi connectivity index (χ1n) is 10.8. The minimum absolute atomic E-state index is 0.147. The number of hydrogen-bond acceptors (Lipinski definition) is 4. The van der Waals surface area contributed by atoms with E-state index in [0.29, 0.717) is 41.4 Å². The van der Waals surface area contributed by atoms with Crippen LogP contribution in [0.25, 0.3) is 11.1 Å². The number of hydrogen-bond donors (Lipinski definition) is 0. The molecule has 3 aromatic carbocycles. The zero-order valence-electron chi connectivity index (χ0n) is 17.9. The van der Waals surface area contributed by atoms with Crippen molar-refractivity contribution in [3.8, 4) is 11.1 Å². The van der Waals surface area contributed by atoms with Crippen molar-refractivity contribution >= 4 is 33.4 Å². The molecule has 3 aromatic rings. The number of cyclic esters (lactones) is 1. The summed E-state index contributed by atoms with van der Waals surface area (Å²) < 4.78 is 34.0. The quantitative estimate of drug-likeness (QED) is 0.505. The molecule has 0 aliphatic carbocycles. The van der Waals surface area contributed by atoms with Crippen LogP contribution in [0.3, 0.4) is 0 Å². The van der Waals surface area contributed by atoms with E-state index in [0.717, 1.165) is 16.8 Å². The number of halogens is 1. The van der Waals surface area contributed by atoms with Gasteiger partial charge in [-0.3, -0.25) is 4.90 Å². The van der Waals surface area contributed by atoms with Crippen LogP contribution in [-0.2, 0) is 21.4 Å². The van der Waals surface area contributed by atoms with Gasteiger partial charge in [-0.05, 0) is 36.6 Å². The number of carbonyl (C=O) groups excluding carboxylic acids is 1. The van der Waals surface area contributed by atoms with Crippen molar-refractivity contribution in [3.05, 3.63) is 83.4 Å². The van der Waals surface area contributed by atoms with E-state index in [9.17, 15) is 13.2 Å². The maximum atomic E-state index is 13.6. The predicted octanol–water partition coefficient (Wildman–Crippen LogP) is 5.32. The molecular formula is C25H23ClN2O4S. The summed E-state index contributed by atoms with van der Waals surface area (Å²) in [6.45, 7) is 0.777. The summed E-state index contributed by atoms with van der Waals surface area (Å²) in [4.78, 5) is 14.5. The fraction of sp³-hybridized carbons (Fsp3) is 0.240. The minimum atomic E-state index is -3.70. The number of fused-ring (bicyclic) bond motifs is 1. The second-order valence-electron chi connectivity index (χ2n) is 8.16. The second-order valence-corrected chi connectivity index (χ2v) is 10.5. The number of ether oxygens (including phenoxy) is 1. The third-order valence-corrected chi connectivity index (χ3v) is 8.58. The number of nitrogens with zero attached hydrogens (tertiary/aromatic N) is 2. The number of anilines is 1. The molecule has 8 heteroatoms. The van der Waals surface area contributed by atoms with E-state index >= 15 is 0 Å². The highest BCUT2D eigenvalue weighted by atomic mass is 35.5. The number of amides is 1. The van der Waals surface area contributed by atoms with Crippen molar-refractivity contribution < 1.29 is 17.9 Å². The SMILES string of the molecule is O=C1OCc2c(Cl)cccc2N1C1CCN(S(=O)(=O)c2ccccc2-c2ccccc2)CC1. The van der Waals surface area contributed by atoms with Crippen LogP contribution in [0.5, 0.6) is 0 Å². The first kappa shape index (κ1) is 21.9. The Morgan fingerprint density at radius 3 is 2.33 bits per heavy atom. The molecule has 1 amide bonds. The van der Waals surface area contributed by atoms with E-state index in [-0.39, 0.29) is 12.6 Å². The van der Waals surface area contributed by atoms with Crippen molar-refractivity contribution in [2.24, 2.45) is 0 Å². The van der Waals surface area contributed by atoms with Crippen LogP contribution in [-0.4, -0.2) is 37.9 Å². The summed E-state index contributed by atoms with van der Waals surface area (Å²) in [6.07, 6.45) is 0.599. The molecular weight excluding hydrogens is 460 g/mol. The van der Waals surface area contributed by atoms with E-state index in [4.69, 9.17) is 16.3 Å². The third-order valence-electron chi connectivity index (χ3n) is 6.27. The molecule has 1 fully saturated rings. The minimum Gasteiger partial charge on any atom is -0.444 e. The van der Waals surface area contributed by atoms with E-state index in [1.54, 1.807) is 23.1 Å². The molecule has 0 radical (unpaired) electrons. The summed E-state index contributed by atoms with van der Waals surface area (Å²) in [6, 6.07) is 21.9. The highest BCUT2D eigenvalue weighted by molar-refractivity contribution is 7.89. The Hall–Kier alpha value is -2.87. The lowest BCUT2D eigenvalue weighted by molar-refractivity contribution is 0.136. The molecule has 2 aliphatic heterocycles. The molecule has 0 atom stereocenters. The molecule has 1 saturated heterocycles. The summed E-state index contributed by atoms with van der Waals surface area (Å²) in [7, 11) is -3.70. The van der Waals surface area contributed by atoms with Crippen LogP contribution >= 0.6 is 11.6 Å². The van der Waals surface area contributed by atoms with Gasteiger partial charge in [0.2, 0.25) is 10.0 Å². The maximum absolute atomic E-state index is 13.6. The molecule has 170 valence electrons. The van der Waals surface area contributed by atoms with Gasteiger partial charge in [0.15, 0.2) is 0 Å². The van der Waals surface area contributed by atoms with Gasteiger partial charge >= 0.3 is 6.09 Å². The monoisotopic (exact) mass is 482 g/mol. The standard InChI is InChI=1S/C25H23ClN2O4S/c26-22-10-6-11-23-21(22)17-32-25(29)28(23)19-13-15-27(16-14-19)33(30,31)24-12-5-4-9-20(24)18-7-2-1-3-8-18/h1-12,19H,13-17H2. The van der Waals surface area contributed by atoms with Gasteiger partial charge < -0.3 is 4.74 Å². The molecule has 0 bridgehead atoms. The zero-order valence-corrected chi connectivity index (χ0v) is 19.4. The predicted molar refractivity (Wildman–Crippen MR) is 128 cm³/mol. The van der Waals surface area contributed by atoms with Gasteiger partial charge in [-0.1, -0.05) is 66.2 Å². The van der Waals surface area contributed by atoms with Crippen LogP contribution in [0.1, 0.15) is 18.4 Å². The van der Waals surface area contributed by atoms with E-state index in [2.05, 4.69) is 0 Å². The smallest absolute Gasteiger partial charge is 0.414 e. The van der Waals surface area contributed by atoms with Gasteiger partial charge in [0.25, 0.3) is 0 Å². The molecule has 0 spiro atoms. The van der Waals surface area contributed by atoms with Crippen LogP contribution in [0, 0.1) is 0 Å². The Morgan fingerprint density at radius 1 is 0.879 bits per heavy atom. The lowest BCUT2D eigenvalue weighted by Gasteiger charge is -2.40. The Morgan fingerprint density at radius 2 is 1.58 bits per heavy atom. The number of piperidine rings is 1. The van der Waals surface area contributed by atoms with Crippen molar-refractivity contribution in [2.45, 2.75) is 30.4 Å². The molecule has 0 N–H and O–H groups in total. The van der Waals surface area contributed by atoms with Crippen LogP contribution in [0.15, 0.2) is 77.7 Å². The average molecular weight is 483 g/mol. The Bertz CT molecular complexity index is 1290. The third kappa shape index (κ3) is 4.01. The lowest BCUT2D eigenvalue weighted by Crippen LogP contribution is -2.50. The molecule has 0 saturated carbocycles. The second kappa shape index (κ2) is 8.82. The highest BCUT2D eigenvalue weighted by Gasteiger charge is 2.38. The Labute approximate surface area is 198 Å². The maximum Gasteiger partial charge on any atom is 0.414 e. The van der Waals surface area contributed by atoms with E-state index in [1.165, 1.54) is 4.31 Å². The van der Waals surface area contributed by atoms with Gasteiger partial charge in [-0.15, -0.1) is 0 Å². The van der Waals surface area contributed by atoms with Crippen molar-refractivity contribution in [2.75, 3.05) is 18.0 Å². The molecule has 0 aromatic heterocycles. The van der Waals surface area contributed by atoms with E-state index < -0.39 is 16.1 Å². The van der Waals surface area contributed by atoms with Crippen molar-refractivity contribution in [1.82, 2.24) is 4.31 Å². The van der Waals surface area contributed by atoms with Gasteiger partial charge in [0, 0.05) is 35.3 Å². The normalized spacial score (nSPS) is 17.5. The molecule has 5 rings (SSSR count). The van der Waals surface area contributed by atoms with E-state index in [1.807, 2.05) is 54.6 Å². The summed E-state index contributed by atoms with van der Waals surface area (Å²) in [5.74, 6) is 0. The van der Waals surface area contributed by atoms with Crippen LogP contribution < -0.4 is 4.90 Å². The molecule has 2 aliphatic rings. The largest absolute Gasteiger partial charge is 0.444 e. The highest BCUT2D eigenvalue weighted by Crippen LogP contribution is 2.37.